The monoisotopic (exact) mass is 454 g/mol. The second-order valence-corrected chi connectivity index (χ2v) is 9.97. The molecule has 2 amide bonds. The molecule has 0 aromatic heterocycles. The lowest BCUT2D eigenvalue weighted by atomic mass is 10.1. The maximum Gasteiger partial charge on any atom is 0.255 e. The van der Waals surface area contributed by atoms with Crippen LogP contribution in [0.4, 0.5) is 10.1 Å². The van der Waals surface area contributed by atoms with E-state index in [1.807, 2.05) is 0 Å². The Hall–Kier alpha value is -3.52. The van der Waals surface area contributed by atoms with Gasteiger partial charge in [-0.25, -0.2) is 12.8 Å². The highest BCUT2D eigenvalue weighted by Crippen LogP contribution is 2.17. The fraction of sp³-hybridized carbons (Fsp3) is 0.167. The average Bonchev–Trinajstić information content (AvgIpc) is 2.78. The molecule has 0 heterocycles. The Morgan fingerprint density at radius 1 is 0.875 bits per heavy atom. The molecule has 0 saturated carbocycles. The van der Waals surface area contributed by atoms with Crippen molar-refractivity contribution in [3.05, 3.63) is 95.3 Å². The third-order valence-corrected chi connectivity index (χ3v) is 6.98. The number of benzene rings is 3. The van der Waals surface area contributed by atoms with Crippen LogP contribution in [-0.2, 0) is 16.4 Å². The number of nitrogens with one attached hydrogen (secondary N) is 2. The highest BCUT2D eigenvalue weighted by atomic mass is 32.2. The van der Waals surface area contributed by atoms with E-state index in [0.717, 1.165) is 5.56 Å². The molecule has 32 heavy (non-hydrogen) atoms. The van der Waals surface area contributed by atoms with Gasteiger partial charge in [-0.2, -0.15) is 0 Å². The minimum absolute atomic E-state index is 0.175. The Morgan fingerprint density at radius 3 is 2.09 bits per heavy atom. The zero-order chi connectivity index (χ0) is 23.3. The van der Waals surface area contributed by atoms with Crippen LogP contribution < -0.4 is 10.6 Å². The quantitative estimate of drug-likeness (QED) is 0.560. The Bertz CT molecular complexity index is 1220. The molecular weight excluding hydrogens is 431 g/mol. The first-order valence-electron chi connectivity index (χ1n) is 9.95. The fourth-order valence-corrected chi connectivity index (χ4v) is 3.98. The summed E-state index contributed by atoms with van der Waals surface area (Å²) in [6.45, 7) is 3.42. The summed E-state index contributed by atoms with van der Waals surface area (Å²) in [5, 5.41) is 4.96. The molecule has 0 saturated heterocycles. The first kappa shape index (κ1) is 23.1. The molecule has 3 rings (SSSR count). The number of anilines is 1. The molecule has 0 bridgehead atoms. The maximum absolute atomic E-state index is 13.0. The molecule has 166 valence electrons. The van der Waals surface area contributed by atoms with Crippen molar-refractivity contribution < 1.29 is 22.4 Å². The van der Waals surface area contributed by atoms with Crippen LogP contribution in [0.3, 0.4) is 0 Å². The lowest BCUT2D eigenvalue weighted by molar-refractivity contribution is 0.0949. The molecule has 3 aromatic rings. The van der Waals surface area contributed by atoms with Crippen molar-refractivity contribution in [2.75, 3.05) is 5.32 Å². The number of carbonyl (C=O) groups is 2. The standard InChI is InChI=1S/C24H23FN2O4S/c1-16(2)32(30,31)22-12-8-18(9-13-22)23(28)26-15-17-4-3-5-21(14-17)27-24(29)19-6-10-20(25)11-7-19/h3-14,16H,15H2,1-2H3,(H,26,28)(H,27,29). The van der Waals surface area contributed by atoms with Crippen LogP contribution in [0.25, 0.3) is 0 Å². The molecule has 3 aromatic carbocycles. The van der Waals surface area contributed by atoms with Gasteiger partial charge in [0.15, 0.2) is 9.84 Å². The van der Waals surface area contributed by atoms with Crippen molar-refractivity contribution in [2.24, 2.45) is 0 Å². The maximum atomic E-state index is 13.0. The van der Waals surface area contributed by atoms with Crippen LogP contribution in [0.5, 0.6) is 0 Å². The van der Waals surface area contributed by atoms with Gasteiger partial charge in [0.2, 0.25) is 0 Å². The van der Waals surface area contributed by atoms with Crippen molar-refractivity contribution in [3.63, 3.8) is 0 Å². The first-order chi connectivity index (χ1) is 15.2. The smallest absolute Gasteiger partial charge is 0.255 e. The van der Waals surface area contributed by atoms with Gasteiger partial charge < -0.3 is 10.6 Å². The van der Waals surface area contributed by atoms with Crippen LogP contribution >= 0.6 is 0 Å². The largest absolute Gasteiger partial charge is 0.348 e. The zero-order valence-electron chi connectivity index (χ0n) is 17.6. The Morgan fingerprint density at radius 2 is 1.47 bits per heavy atom. The molecule has 0 aliphatic rings. The fourth-order valence-electron chi connectivity index (χ4n) is 2.92. The van der Waals surface area contributed by atoms with Crippen LogP contribution in [0, 0.1) is 5.82 Å². The molecule has 8 heteroatoms. The summed E-state index contributed by atoms with van der Waals surface area (Å²) < 4.78 is 37.4. The van der Waals surface area contributed by atoms with Crippen molar-refractivity contribution in [3.8, 4) is 0 Å². The van der Waals surface area contributed by atoms with E-state index in [2.05, 4.69) is 10.6 Å². The summed E-state index contributed by atoms with van der Waals surface area (Å²) in [4.78, 5) is 24.9. The van der Waals surface area contributed by atoms with Gasteiger partial charge in [0.05, 0.1) is 10.1 Å². The van der Waals surface area contributed by atoms with Crippen molar-refractivity contribution in [2.45, 2.75) is 30.5 Å². The topological polar surface area (TPSA) is 92.3 Å². The lowest BCUT2D eigenvalue weighted by Crippen LogP contribution is -2.23. The Kier molecular flexibility index (Phi) is 7.05. The van der Waals surface area contributed by atoms with Gasteiger partial charge in [-0.1, -0.05) is 12.1 Å². The number of carbonyl (C=O) groups excluding carboxylic acids is 2. The minimum Gasteiger partial charge on any atom is -0.348 e. The molecular formula is C24H23FN2O4S. The number of halogens is 1. The molecule has 0 aliphatic heterocycles. The van der Waals surface area contributed by atoms with Gasteiger partial charge in [-0.15, -0.1) is 0 Å². The van der Waals surface area contributed by atoms with E-state index in [4.69, 9.17) is 0 Å². The van der Waals surface area contributed by atoms with Gasteiger partial charge in [0.25, 0.3) is 11.8 Å². The van der Waals surface area contributed by atoms with Crippen molar-refractivity contribution >= 4 is 27.3 Å². The number of hydrogen-bond acceptors (Lipinski definition) is 4. The zero-order valence-corrected chi connectivity index (χ0v) is 18.4. The number of amides is 2. The van der Waals surface area contributed by atoms with E-state index in [9.17, 15) is 22.4 Å². The summed E-state index contributed by atoms with van der Waals surface area (Å²) >= 11 is 0. The van der Waals surface area contributed by atoms with Crippen molar-refractivity contribution in [1.82, 2.24) is 5.32 Å². The third kappa shape index (κ3) is 5.59. The summed E-state index contributed by atoms with van der Waals surface area (Å²) in [5.74, 6) is -1.14. The summed E-state index contributed by atoms with van der Waals surface area (Å²) in [7, 11) is -3.40. The summed E-state index contributed by atoms with van der Waals surface area (Å²) in [6, 6.07) is 18.0. The minimum atomic E-state index is -3.40. The molecule has 0 aliphatic carbocycles. The van der Waals surface area contributed by atoms with Crippen molar-refractivity contribution in [1.29, 1.82) is 0 Å². The third-order valence-electron chi connectivity index (χ3n) is 4.81. The number of hydrogen-bond donors (Lipinski definition) is 2. The van der Waals surface area contributed by atoms with E-state index in [-0.39, 0.29) is 23.3 Å². The predicted octanol–water partition coefficient (Wildman–Crippen LogP) is 4.19. The van der Waals surface area contributed by atoms with Crippen LogP contribution in [-0.4, -0.2) is 25.5 Å². The van der Waals surface area contributed by atoms with E-state index >= 15 is 0 Å². The van der Waals surface area contributed by atoms with Crippen LogP contribution in [0.2, 0.25) is 0 Å². The van der Waals surface area contributed by atoms with Gasteiger partial charge >= 0.3 is 0 Å². The molecule has 0 fully saturated rings. The molecule has 0 atom stereocenters. The highest BCUT2D eigenvalue weighted by molar-refractivity contribution is 7.92. The second kappa shape index (κ2) is 9.74. The first-order valence-corrected chi connectivity index (χ1v) is 11.5. The number of sulfone groups is 1. The molecule has 6 nitrogen and oxygen atoms in total. The summed E-state index contributed by atoms with van der Waals surface area (Å²) in [5.41, 5.74) is 1.96. The highest BCUT2D eigenvalue weighted by Gasteiger charge is 2.19. The average molecular weight is 455 g/mol. The Labute approximate surface area is 186 Å². The van der Waals surface area contributed by atoms with Crippen LogP contribution in [0.1, 0.15) is 40.1 Å². The lowest BCUT2D eigenvalue weighted by Gasteiger charge is -2.10. The van der Waals surface area contributed by atoms with E-state index < -0.39 is 20.9 Å². The number of rotatable bonds is 7. The SMILES string of the molecule is CC(C)S(=O)(=O)c1ccc(C(=O)NCc2cccc(NC(=O)c3ccc(F)cc3)c2)cc1. The molecule has 0 radical (unpaired) electrons. The van der Waals surface area contributed by atoms with Gasteiger partial charge in [0.1, 0.15) is 5.82 Å². The van der Waals surface area contributed by atoms with E-state index in [1.54, 1.807) is 38.1 Å². The molecule has 2 N–H and O–H groups in total. The summed E-state index contributed by atoms with van der Waals surface area (Å²) in [6.07, 6.45) is 0. The second-order valence-electron chi connectivity index (χ2n) is 7.46. The normalized spacial score (nSPS) is 11.2. The Balaban J connectivity index is 1.61. The van der Waals surface area contributed by atoms with E-state index in [1.165, 1.54) is 48.5 Å². The van der Waals surface area contributed by atoms with Gasteiger partial charge in [-0.3, -0.25) is 9.59 Å². The van der Waals surface area contributed by atoms with E-state index in [0.29, 0.717) is 16.8 Å². The predicted molar refractivity (Wildman–Crippen MR) is 121 cm³/mol. The van der Waals surface area contributed by atoms with Gasteiger partial charge in [-0.05, 0) is 80.1 Å². The van der Waals surface area contributed by atoms with Crippen LogP contribution in [0.15, 0.2) is 77.7 Å². The van der Waals surface area contributed by atoms with Gasteiger partial charge in [0, 0.05) is 23.4 Å². The molecule has 0 unspecified atom stereocenters. The molecule has 0 spiro atoms.